The van der Waals surface area contributed by atoms with E-state index >= 15 is 0 Å². The quantitative estimate of drug-likeness (QED) is 0.563. The van der Waals surface area contributed by atoms with Gasteiger partial charge in [-0.3, -0.25) is 0 Å². The summed E-state index contributed by atoms with van der Waals surface area (Å²) in [6.45, 7) is 14.8. The molecule has 0 radical (unpaired) electrons. The first-order valence-corrected chi connectivity index (χ1v) is 12.1. The molecule has 1 amide bonds. The first kappa shape index (κ1) is 20.0. The number of carbonyl (C=O) groups is 1. The Morgan fingerprint density at radius 1 is 1.26 bits per heavy atom. The molecule has 0 N–H and O–H groups in total. The number of likely N-dealkylation sites (tertiary alicyclic amines) is 1. The molecule has 23 heavy (non-hydrogen) atoms. The highest BCUT2D eigenvalue weighted by Gasteiger charge is 2.37. The number of hydrogen-bond acceptors (Lipinski definition) is 4. The van der Waals surface area contributed by atoms with E-state index in [9.17, 15) is 10.1 Å². The number of rotatable bonds is 5. The maximum atomic E-state index is 12.1. The fourth-order valence-electron chi connectivity index (χ4n) is 2.38. The lowest BCUT2D eigenvalue weighted by Crippen LogP contribution is -2.46. The molecular weight excluding hydrogens is 308 g/mol. The van der Waals surface area contributed by atoms with E-state index < -0.39 is 19.1 Å². The van der Waals surface area contributed by atoms with Crippen molar-refractivity contribution < 1.29 is 14.3 Å². The second-order valence-electron chi connectivity index (χ2n) is 8.72. The Morgan fingerprint density at radius 3 is 2.26 bits per heavy atom. The van der Waals surface area contributed by atoms with Gasteiger partial charge >= 0.3 is 6.09 Å². The highest BCUT2D eigenvalue weighted by atomic mass is 28.3. The number of hydrogen-bond donors (Lipinski definition) is 0. The molecule has 0 atom stereocenters. The molecule has 0 aromatic carbocycles. The second kappa shape index (κ2) is 7.67. The van der Waals surface area contributed by atoms with Gasteiger partial charge in [0.25, 0.3) is 0 Å². The molecule has 0 spiro atoms. The van der Waals surface area contributed by atoms with Crippen molar-refractivity contribution >= 4 is 14.2 Å². The van der Waals surface area contributed by atoms with Crippen molar-refractivity contribution in [1.29, 1.82) is 5.26 Å². The number of amides is 1. The summed E-state index contributed by atoms with van der Waals surface area (Å²) in [5, 5.41) is 9.56. The van der Waals surface area contributed by atoms with Crippen LogP contribution in [0, 0.1) is 16.7 Å². The van der Waals surface area contributed by atoms with E-state index in [4.69, 9.17) is 9.47 Å². The Kier molecular flexibility index (Phi) is 6.66. The van der Waals surface area contributed by atoms with Crippen LogP contribution in [0.3, 0.4) is 0 Å². The molecule has 0 aromatic heterocycles. The topological polar surface area (TPSA) is 62.6 Å². The highest BCUT2D eigenvalue weighted by Crippen LogP contribution is 2.32. The molecule has 0 saturated carbocycles. The number of ether oxygens (including phenoxy) is 2. The summed E-state index contributed by atoms with van der Waals surface area (Å²) < 4.78 is 11.2. The van der Waals surface area contributed by atoms with Gasteiger partial charge in [0.1, 0.15) is 5.60 Å². The van der Waals surface area contributed by atoms with Crippen LogP contribution in [0.1, 0.15) is 33.6 Å². The van der Waals surface area contributed by atoms with Crippen LogP contribution in [-0.4, -0.2) is 51.0 Å². The minimum atomic E-state index is -1.10. The maximum absolute atomic E-state index is 12.1. The first-order valence-electron chi connectivity index (χ1n) is 8.43. The molecule has 0 bridgehead atoms. The first-order chi connectivity index (χ1) is 10.5. The van der Waals surface area contributed by atoms with E-state index in [1.807, 2.05) is 20.8 Å². The third-order valence-corrected chi connectivity index (χ3v) is 5.69. The number of nitriles is 1. The number of carbonyl (C=O) groups excluding carboxylic acids is 1. The molecule has 0 aliphatic carbocycles. The smallest absolute Gasteiger partial charge is 0.410 e. The molecule has 5 nitrogen and oxygen atoms in total. The van der Waals surface area contributed by atoms with E-state index in [-0.39, 0.29) is 6.09 Å². The van der Waals surface area contributed by atoms with E-state index in [0.29, 0.717) is 32.5 Å². The van der Waals surface area contributed by atoms with Crippen LogP contribution in [0.4, 0.5) is 4.79 Å². The monoisotopic (exact) mass is 340 g/mol. The van der Waals surface area contributed by atoms with Crippen LogP contribution < -0.4 is 0 Å². The Bertz CT molecular complexity index is 438. The average Bonchev–Trinajstić information content (AvgIpc) is 2.41. The normalized spacial score (nSPS) is 18.4. The van der Waals surface area contributed by atoms with Gasteiger partial charge in [0.2, 0.25) is 0 Å². The van der Waals surface area contributed by atoms with Crippen LogP contribution in [0.15, 0.2) is 0 Å². The largest absolute Gasteiger partial charge is 0.444 e. The van der Waals surface area contributed by atoms with Gasteiger partial charge in [-0.15, -0.1) is 0 Å². The zero-order valence-corrected chi connectivity index (χ0v) is 16.6. The highest BCUT2D eigenvalue weighted by molar-refractivity contribution is 6.76. The van der Waals surface area contributed by atoms with Gasteiger partial charge < -0.3 is 14.4 Å². The van der Waals surface area contributed by atoms with Crippen molar-refractivity contribution in [3.05, 3.63) is 0 Å². The van der Waals surface area contributed by atoms with Gasteiger partial charge in [0, 0.05) is 27.8 Å². The third-order valence-electron chi connectivity index (χ3n) is 3.98. The molecule has 1 fully saturated rings. The minimum Gasteiger partial charge on any atom is -0.444 e. The van der Waals surface area contributed by atoms with Crippen LogP contribution in [0.2, 0.25) is 25.7 Å². The van der Waals surface area contributed by atoms with E-state index in [0.717, 1.165) is 12.7 Å². The predicted octanol–water partition coefficient (Wildman–Crippen LogP) is 3.88. The Morgan fingerprint density at radius 2 is 1.83 bits per heavy atom. The molecular formula is C17H32N2O3Si. The second-order valence-corrected chi connectivity index (χ2v) is 14.3. The summed E-state index contributed by atoms with van der Waals surface area (Å²) >= 11 is 0. The van der Waals surface area contributed by atoms with Gasteiger partial charge in [0.15, 0.2) is 0 Å². The molecule has 0 unspecified atom stereocenters. The third kappa shape index (κ3) is 7.36. The molecule has 1 saturated heterocycles. The zero-order chi connectivity index (χ0) is 17.7. The van der Waals surface area contributed by atoms with Crippen molar-refractivity contribution in [2.24, 2.45) is 5.41 Å². The summed E-state index contributed by atoms with van der Waals surface area (Å²) in [6.07, 6.45) is 1.01. The molecule has 1 aliphatic heterocycles. The molecule has 6 heteroatoms. The lowest BCUT2D eigenvalue weighted by molar-refractivity contribution is 0.00189. The lowest BCUT2D eigenvalue weighted by atomic mass is 9.80. The van der Waals surface area contributed by atoms with Gasteiger partial charge in [-0.25, -0.2) is 4.79 Å². The predicted molar refractivity (Wildman–Crippen MR) is 94.1 cm³/mol. The van der Waals surface area contributed by atoms with Gasteiger partial charge in [0.05, 0.1) is 18.1 Å². The Balaban J connectivity index is 2.44. The van der Waals surface area contributed by atoms with Crippen molar-refractivity contribution in [3.8, 4) is 6.07 Å². The van der Waals surface area contributed by atoms with E-state index in [1.54, 1.807) is 4.90 Å². The lowest BCUT2D eigenvalue weighted by Gasteiger charge is -2.37. The van der Waals surface area contributed by atoms with Crippen LogP contribution >= 0.6 is 0 Å². The van der Waals surface area contributed by atoms with E-state index in [1.165, 1.54) is 0 Å². The van der Waals surface area contributed by atoms with Crippen molar-refractivity contribution in [2.45, 2.75) is 64.9 Å². The summed E-state index contributed by atoms with van der Waals surface area (Å²) in [7, 11) is -1.10. The summed E-state index contributed by atoms with van der Waals surface area (Å²) in [5.41, 5.74) is -0.946. The van der Waals surface area contributed by atoms with Gasteiger partial charge in [-0.05, 0) is 39.7 Å². The standard InChI is InChI=1S/C17H32N2O3Si/c1-16(2,3)22-15(20)19-9-7-17(13-18,8-10-19)14-21-11-12-23(4,5)6/h7-12,14H2,1-6H3. The van der Waals surface area contributed by atoms with Gasteiger partial charge in [-0.2, -0.15) is 5.26 Å². The number of nitrogens with zero attached hydrogens (tertiary/aromatic N) is 2. The number of piperidine rings is 1. The van der Waals surface area contributed by atoms with Crippen LogP contribution in [0.5, 0.6) is 0 Å². The van der Waals surface area contributed by atoms with Crippen LogP contribution in [0.25, 0.3) is 0 Å². The Hall–Kier alpha value is -1.06. The SMILES string of the molecule is CC(C)(C)OC(=O)N1CCC(C#N)(COCC[Si](C)(C)C)CC1. The fourth-order valence-corrected chi connectivity index (χ4v) is 3.13. The molecule has 0 aromatic rings. The summed E-state index contributed by atoms with van der Waals surface area (Å²) in [4.78, 5) is 13.8. The zero-order valence-electron chi connectivity index (χ0n) is 15.6. The minimum absolute atomic E-state index is 0.288. The van der Waals surface area contributed by atoms with Crippen molar-refractivity contribution in [1.82, 2.24) is 4.90 Å². The van der Waals surface area contributed by atoms with Crippen molar-refractivity contribution in [3.63, 3.8) is 0 Å². The summed E-state index contributed by atoms with van der Waals surface area (Å²) in [6, 6.07) is 3.54. The average molecular weight is 341 g/mol. The summed E-state index contributed by atoms with van der Waals surface area (Å²) in [5.74, 6) is 0. The van der Waals surface area contributed by atoms with Crippen molar-refractivity contribution in [2.75, 3.05) is 26.3 Å². The fraction of sp³-hybridized carbons (Fsp3) is 0.882. The van der Waals surface area contributed by atoms with Crippen LogP contribution in [-0.2, 0) is 9.47 Å². The molecule has 1 aliphatic rings. The molecule has 132 valence electrons. The molecule has 1 heterocycles. The van der Waals surface area contributed by atoms with E-state index in [2.05, 4.69) is 25.7 Å². The molecule has 1 rings (SSSR count). The maximum Gasteiger partial charge on any atom is 0.410 e. The van der Waals surface area contributed by atoms with Gasteiger partial charge in [-0.1, -0.05) is 19.6 Å². The Labute approximate surface area is 141 Å².